The number of anilines is 2. The molecule has 0 aliphatic carbocycles. The number of methoxy groups -OCH3 is 1. The van der Waals surface area contributed by atoms with E-state index >= 15 is 0 Å². The van der Waals surface area contributed by atoms with Crippen LogP contribution in [0.4, 0.5) is 11.4 Å². The average Bonchev–Trinajstić information content (AvgIpc) is 2.82. The van der Waals surface area contributed by atoms with Crippen molar-refractivity contribution in [2.75, 3.05) is 24.4 Å². The number of para-hydroxylation sites is 3. The maximum Gasteiger partial charge on any atom is 0.349 e. The summed E-state index contributed by atoms with van der Waals surface area (Å²) in [6, 6.07) is 22.0. The van der Waals surface area contributed by atoms with Gasteiger partial charge in [-0.1, -0.05) is 36.4 Å². The van der Waals surface area contributed by atoms with Crippen molar-refractivity contribution < 1.29 is 23.5 Å². The number of hydrogen-bond donors (Lipinski definition) is 2. The van der Waals surface area contributed by atoms with Gasteiger partial charge < -0.3 is 24.5 Å². The molecule has 0 saturated carbocycles. The zero-order valence-electron chi connectivity index (χ0n) is 17.7. The van der Waals surface area contributed by atoms with Gasteiger partial charge in [0.25, 0.3) is 11.8 Å². The summed E-state index contributed by atoms with van der Waals surface area (Å²) in [6.45, 7) is -0.227. The molecule has 0 saturated heterocycles. The summed E-state index contributed by atoms with van der Waals surface area (Å²) < 4.78 is 15.9. The lowest BCUT2D eigenvalue weighted by atomic mass is 10.1. The standard InChI is InChI=1S/C25H20N2O6/c1-31-21-11-4-5-12-22(21)32-15-23(28)26-17-8-6-9-18(14-17)27-24(29)19-13-16-7-2-3-10-20(16)33-25(19)30/h2-14H,15H2,1H3,(H,26,28)(H,27,29). The lowest BCUT2D eigenvalue weighted by Crippen LogP contribution is -2.21. The van der Waals surface area contributed by atoms with E-state index < -0.39 is 11.5 Å². The highest BCUT2D eigenvalue weighted by Crippen LogP contribution is 2.25. The van der Waals surface area contributed by atoms with Crippen LogP contribution in [0.25, 0.3) is 11.0 Å². The number of nitrogens with one attached hydrogen (secondary N) is 2. The van der Waals surface area contributed by atoms with E-state index in [1.54, 1.807) is 72.8 Å². The molecular formula is C25H20N2O6. The van der Waals surface area contributed by atoms with Gasteiger partial charge in [-0.25, -0.2) is 4.79 Å². The highest BCUT2D eigenvalue weighted by Gasteiger charge is 2.14. The Bertz CT molecular complexity index is 1380. The Labute approximate surface area is 188 Å². The quantitative estimate of drug-likeness (QED) is 0.416. The third-order valence-electron chi connectivity index (χ3n) is 4.72. The molecule has 1 heterocycles. The van der Waals surface area contributed by atoms with Gasteiger partial charge in [0.15, 0.2) is 18.1 Å². The van der Waals surface area contributed by atoms with E-state index in [9.17, 15) is 14.4 Å². The number of amides is 2. The molecule has 0 fully saturated rings. The molecule has 1 aromatic heterocycles. The summed E-state index contributed by atoms with van der Waals surface area (Å²) in [6.07, 6.45) is 0. The van der Waals surface area contributed by atoms with Gasteiger partial charge in [-0.2, -0.15) is 0 Å². The number of fused-ring (bicyclic) bond motifs is 1. The van der Waals surface area contributed by atoms with Crippen molar-refractivity contribution in [1.29, 1.82) is 0 Å². The fraction of sp³-hybridized carbons (Fsp3) is 0.0800. The second kappa shape index (κ2) is 9.69. The van der Waals surface area contributed by atoms with Gasteiger partial charge in [0, 0.05) is 16.8 Å². The Kier molecular flexibility index (Phi) is 6.36. The van der Waals surface area contributed by atoms with E-state index in [4.69, 9.17) is 13.9 Å². The van der Waals surface area contributed by atoms with Gasteiger partial charge in [-0.15, -0.1) is 0 Å². The summed E-state index contributed by atoms with van der Waals surface area (Å²) in [4.78, 5) is 37.1. The Morgan fingerprint density at radius 1 is 0.848 bits per heavy atom. The molecule has 8 nitrogen and oxygen atoms in total. The number of ether oxygens (including phenoxy) is 2. The first kappa shape index (κ1) is 21.6. The zero-order valence-corrected chi connectivity index (χ0v) is 17.7. The molecule has 0 bridgehead atoms. The first-order valence-corrected chi connectivity index (χ1v) is 10.0. The van der Waals surface area contributed by atoms with Gasteiger partial charge in [0.1, 0.15) is 11.1 Å². The molecule has 2 amide bonds. The van der Waals surface area contributed by atoms with E-state index in [1.807, 2.05) is 0 Å². The summed E-state index contributed by atoms with van der Waals surface area (Å²) in [5, 5.41) is 5.99. The third kappa shape index (κ3) is 5.19. The minimum atomic E-state index is -0.732. The molecule has 8 heteroatoms. The van der Waals surface area contributed by atoms with Gasteiger partial charge in [0.2, 0.25) is 0 Å². The molecular weight excluding hydrogens is 424 g/mol. The van der Waals surface area contributed by atoms with Crippen LogP contribution in [0.15, 0.2) is 88.1 Å². The average molecular weight is 444 g/mol. The van der Waals surface area contributed by atoms with Crippen molar-refractivity contribution in [2.45, 2.75) is 0 Å². The third-order valence-corrected chi connectivity index (χ3v) is 4.72. The topological polar surface area (TPSA) is 107 Å². The van der Waals surface area contributed by atoms with Crippen molar-refractivity contribution in [1.82, 2.24) is 0 Å². The van der Waals surface area contributed by atoms with E-state index in [0.29, 0.717) is 33.8 Å². The van der Waals surface area contributed by atoms with Crippen LogP contribution in [-0.4, -0.2) is 25.5 Å². The number of rotatable bonds is 7. The van der Waals surface area contributed by atoms with Crippen LogP contribution in [0.1, 0.15) is 10.4 Å². The van der Waals surface area contributed by atoms with Crippen molar-refractivity contribution in [3.05, 3.63) is 94.8 Å². The largest absolute Gasteiger partial charge is 0.493 e. The van der Waals surface area contributed by atoms with Gasteiger partial charge in [-0.05, 0) is 42.5 Å². The molecule has 166 valence electrons. The van der Waals surface area contributed by atoms with Crippen LogP contribution in [0, 0.1) is 0 Å². The highest BCUT2D eigenvalue weighted by atomic mass is 16.5. The zero-order chi connectivity index (χ0) is 23.2. The van der Waals surface area contributed by atoms with Crippen molar-refractivity contribution in [2.24, 2.45) is 0 Å². The summed E-state index contributed by atoms with van der Waals surface area (Å²) in [5.41, 5.74) is 0.402. The fourth-order valence-electron chi connectivity index (χ4n) is 3.17. The van der Waals surface area contributed by atoms with Crippen LogP contribution in [-0.2, 0) is 4.79 Å². The molecule has 4 aromatic rings. The number of carbonyl (C=O) groups is 2. The minimum Gasteiger partial charge on any atom is -0.493 e. The maximum absolute atomic E-state index is 12.6. The lowest BCUT2D eigenvalue weighted by Gasteiger charge is -2.11. The van der Waals surface area contributed by atoms with Gasteiger partial charge in [-0.3, -0.25) is 9.59 Å². The van der Waals surface area contributed by atoms with Crippen LogP contribution in [0.5, 0.6) is 11.5 Å². The highest BCUT2D eigenvalue weighted by molar-refractivity contribution is 6.05. The summed E-state index contributed by atoms with van der Waals surface area (Å²) in [7, 11) is 1.52. The lowest BCUT2D eigenvalue weighted by molar-refractivity contribution is -0.118. The van der Waals surface area contributed by atoms with Gasteiger partial charge in [0.05, 0.1) is 7.11 Å². The predicted molar refractivity (Wildman–Crippen MR) is 124 cm³/mol. The van der Waals surface area contributed by atoms with E-state index in [2.05, 4.69) is 10.6 Å². The Hall–Kier alpha value is -4.59. The Balaban J connectivity index is 1.41. The fourth-order valence-corrected chi connectivity index (χ4v) is 3.17. The summed E-state index contributed by atoms with van der Waals surface area (Å²) in [5.74, 6) is -0.0319. The Morgan fingerprint density at radius 3 is 2.33 bits per heavy atom. The van der Waals surface area contributed by atoms with Crippen LogP contribution >= 0.6 is 0 Å². The van der Waals surface area contributed by atoms with Crippen LogP contribution in [0.2, 0.25) is 0 Å². The van der Waals surface area contributed by atoms with E-state index in [-0.39, 0.29) is 18.1 Å². The molecule has 0 unspecified atom stereocenters. The Morgan fingerprint density at radius 2 is 1.55 bits per heavy atom. The first-order valence-electron chi connectivity index (χ1n) is 10.0. The number of carbonyl (C=O) groups excluding carboxylic acids is 2. The van der Waals surface area contributed by atoms with Crippen LogP contribution in [0.3, 0.4) is 0 Å². The normalized spacial score (nSPS) is 10.5. The molecule has 0 radical (unpaired) electrons. The molecule has 0 spiro atoms. The van der Waals surface area contributed by atoms with Crippen molar-refractivity contribution in [3.8, 4) is 11.5 Å². The van der Waals surface area contributed by atoms with Crippen molar-refractivity contribution in [3.63, 3.8) is 0 Å². The first-order chi connectivity index (χ1) is 16.0. The van der Waals surface area contributed by atoms with Crippen LogP contribution < -0.4 is 25.7 Å². The molecule has 0 atom stereocenters. The molecule has 33 heavy (non-hydrogen) atoms. The van der Waals surface area contributed by atoms with E-state index in [1.165, 1.54) is 13.2 Å². The smallest absolute Gasteiger partial charge is 0.349 e. The second-order valence-electron chi connectivity index (χ2n) is 7.01. The second-order valence-corrected chi connectivity index (χ2v) is 7.01. The summed E-state index contributed by atoms with van der Waals surface area (Å²) >= 11 is 0. The van der Waals surface area contributed by atoms with Gasteiger partial charge >= 0.3 is 5.63 Å². The monoisotopic (exact) mass is 444 g/mol. The molecule has 2 N–H and O–H groups in total. The minimum absolute atomic E-state index is 0.117. The molecule has 0 aliphatic rings. The van der Waals surface area contributed by atoms with Crippen molar-refractivity contribution >= 4 is 34.2 Å². The predicted octanol–water partition coefficient (Wildman–Crippen LogP) is 4.07. The molecule has 3 aromatic carbocycles. The molecule has 0 aliphatic heterocycles. The number of hydrogen-bond acceptors (Lipinski definition) is 6. The van der Waals surface area contributed by atoms with E-state index in [0.717, 1.165) is 0 Å². The maximum atomic E-state index is 12.6. The SMILES string of the molecule is COc1ccccc1OCC(=O)Nc1cccc(NC(=O)c2cc3ccccc3oc2=O)c1. The molecule has 4 rings (SSSR count). The number of benzene rings is 3.